The first-order valence-corrected chi connectivity index (χ1v) is 11.3. The Morgan fingerprint density at radius 3 is 2.29 bits per heavy atom. The summed E-state index contributed by atoms with van der Waals surface area (Å²) < 4.78 is 39.1. The molecule has 0 aromatic heterocycles. The Labute approximate surface area is 180 Å². The lowest BCUT2D eigenvalue weighted by molar-refractivity contribution is 0.481. The maximum absolute atomic E-state index is 13.7. The second kappa shape index (κ2) is 8.13. The first kappa shape index (κ1) is 20.5. The molecule has 4 aromatic rings. The maximum atomic E-state index is 13.7. The fourth-order valence-corrected chi connectivity index (χ4v) is 4.11. The third kappa shape index (κ3) is 4.23. The molecule has 0 bridgehead atoms. The minimum Gasteiger partial charge on any atom is -0.507 e. The monoisotopic (exact) mass is 431 g/mol. The molecule has 0 fully saturated rings. The number of nitrogens with zero attached hydrogens (tertiary/aromatic N) is 1. The summed E-state index contributed by atoms with van der Waals surface area (Å²) in [5, 5.41) is 11.8. The molecule has 0 amide bonds. The zero-order valence-corrected chi connectivity index (χ0v) is 17.4. The number of halogens is 1. The van der Waals surface area contributed by atoms with Crippen LogP contribution in [-0.2, 0) is 10.0 Å². The molecule has 154 valence electrons. The summed E-state index contributed by atoms with van der Waals surface area (Å²) in [7, 11) is -3.76. The molecule has 31 heavy (non-hydrogen) atoms. The number of phenolic OH excluding ortho intramolecular Hbond substituents is 1. The zero-order chi connectivity index (χ0) is 22.0. The van der Waals surface area contributed by atoms with Crippen LogP contribution in [-0.4, -0.2) is 19.8 Å². The summed E-state index contributed by atoms with van der Waals surface area (Å²) >= 11 is 0. The molecule has 6 heteroatoms. The first-order valence-electron chi connectivity index (χ1n) is 9.42. The standard InChI is InChI=1S/C25H18FNO3S/c1-31(29,30)27(20-9-6-8-19(26)17-20)16-15-18-7-2-3-10-21(18)23-13-14-25(28)24-12-5-4-11-22(23)24/h2-14,17,28H,1H3. The van der Waals surface area contributed by atoms with E-state index in [9.17, 15) is 17.9 Å². The van der Waals surface area contributed by atoms with Crippen LogP contribution in [0.3, 0.4) is 0 Å². The van der Waals surface area contributed by atoms with Crippen LogP contribution in [0.15, 0.2) is 84.9 Å². The average molecular weight is 431 g/mol. The van der Waals surface area contributed by atoms with Crippen LogP contribution >= 0.6 is 0 Å². The largest absolute Gasteiger partial charge is 0.507 e. The molecule has 0 aliphatic carbocycles. The fourth-order valence-electron chi connectivity index (χ4n) is 3.40. The fraction of sp³-hybridized carbons (Fsp3) is 0.0400. The summed E-state index contributed by atoms with van der Waals surface area (Å²) in [5.74, 6) is 2.55. The second-order valence-electron chi connectivity index (χ2n) is 6.97. The van der Waals surface area contributed by atoms with Gasteiger partial charge in [0.1, 0.15) is 11.6 Å². The van der Waals surface area contributed by atoms with Gasteiger partial charge in [-0.25, -0.2) is 12.8 Å². The number of hydrogen-bond acceptors (Lipinski definition) is 3. The molecule has 0 atom stereocenters. The summed E-state index contributed by atoms with van der Waals surface area (Å²) in [6.45, 7) is 0. The lowest BCUT2D eigenvalue weighted by Gasteiger charge is -2.15. The van der Waals surface area contributed by atoms with Gasteiger partial charge >= 0.3 is 0 Å². The topological polar surface area (TPSA) is 57.6 Å². The molecule has 0 heterocycles. The summed E-state index contributed by atoms with van der Waals surface area (Å²) in [4.78, 5) is 0. The van der Waals surface area contributed by atoms with Crippen LogP contribution in [0.5, 0.6) is 5.75 Å². The minimum absolute atomic E-state index is 0.127. The Kier molecular flexibility index (Phi) is 5.37. The van der Waals surface area contributed by atoms with E-state index < -0.39 is 15.8 Å². The van der Waals surface area contributed by atoms with Gasteiger partial charge in [-0.15, -0.1) is 0 Å². The molecular formula is C25H18FNO3S. The van der Waals surface area contributed by atoms with Gasteiger partial charge in [0.15, 0.2) is 0 Å². The molecule has 4 aromatic carbocycles. The third-order valence-electron chi connectivity index (χ3n) is 4.78. The molecule has 0 radical (unpaired) electrons. The molecular weight excluding hydrogens is 413 g/mol. The van der Waals surface area contributed by atoms with Gasteiger partial charge < -0.3 is 5.11 Å². The van der Waals surface area contributed by atoms with Gasteiger partial charge in [-0.05, 0) is 52.8 Å². The smallest absolute Gasteiger partial charge is 0.243 e. The number of aromatic hydroxyl groups is 1. The highest BCUT2D eigenvalue weighted by Crippen LogP contribution is 2.35. The number of hydrogen-bond donors (Lipinski definition) is 1. The van der Waals surface area contributed by atoms with E-state index in [1.165, 1.54) is 18.2 Å². The van der Waals surface area contributed by atoms with E-state index >= 15 is 0 Å². The van der Waals surface area contributed by atoms with Crippen molar-refractivity contribution in [3.8, 4) is 28.8 Å². The van der Waals surface area contributed by atoms with Crippen LogP contribution in [0.2, 0.25) is 0 Å². The van der Waals surface area contributed by atoms with E-state index in [4.69, 9.17) is 0 Å². The molecule has 4 nitrogen and oxygen atoms in total. The normalized spacial score (nSPS) is 11.0. The Morgan fingerprint density at radius 1 is 0.839 bits per heavy atom. The van der Waals surface area contributed by atoms with Gasteiger partial charge in [0.25, 0.3) is 0 Å². The van der Waals surface area contributed by atoms with Crippen molar-refractivity contribution in [1.82, 2.24) is 0 Å². The van der Waals surface area contributed by atoms with E-state index in [1.807, 2.05) is 42.5 Å². The van der Waals surface area contributed by atoms with E-state index in [0.717, 1.165) is 33.1 Å². The number of rotatable bonds is 3. The first-order chi connectivity index (χ1) is 14.8. The quantitative estimate of drug-likeness (QED) is 0.362. The number of benzene rings is 4. The number of sulfonamides is 1. The van der Waals surface area contributed by atoms with Gasteiger partial charge in [0.05, 0.1) is 11.9 Å². The Balaban J connectivity index is 1.87. The molecule has 0 unspecified atom stereocenters. The van der Waals surface area contributed by atoms with Crippen LogP contribution in [0.25, 0.3) is 21.9 Å². The predicted molar refractivity (Wildman–Crippen MR) is 122 cm³/mol. The molecule has 0 spiro atoms. The van der Waals surface area contributed by atoms with Gasteiger partial charge in [-0.2, -0.15) is 4.31 Å². The van der Waals surface area contributed by atoms with E-state index in [1.54, 1.807) is 18.2 Å². The van der Waals surface area contributed by atoms with E-state index in [2.05, 4.69) is 12.0 Å². The number of anilines is 1. The van der Waals surface area contributed by atoms with Crippen LogP contribution < -0.4 is 4.31 Å². The van der Waals surface area contributed by atoms with E-state index in [-0.39, 0.29) is 11.4 Å². The predicted octanol–water partition coefficient (Wildman–Crippen LogP) is 5.13. The van der Waals surface area contributed by atoms with Gasteiger partial charge in [0, 0.05) is 17.0 Å². The van der Waals surface area contributed by atoms with Gasteiger partial charge in [-0.1, -0.05) is 54.6 Å². The summed E-state index contributed by atoms with van der Waals surface area (Å²) in [6.07, 6.45) is 1.02. The van der Waals surface area contributed by atoms with Gasteiger partial charge in [-0.3, -0.25) is 0 Å². The minimum atomic E-state index is -3.76. The molecule has 0 saturated carbocycles. The SMILES string of the molecule is CS(=O)(=O)N(C#Cc1ccccc1-c1ccc(O)c2ccccc12)c1cccc(F)c1. The highest BCUT2D eigenvalue weighted by Gasteiger charge is 2.16. The maximum Gasteiger partial charge on any atom is 0.243 e. The molecule has 4 rings (SSSR count). The van der Waals surface area contributed by atoms with Gasteiger partial charge in [0.2, 0.25) is 10.0 Å². The molecule has 0 saturated heterocycles. The lowest BCUT2D eigenvalue weighted by Crippen LogP contribution is -2.24. The van der Waals surface area contributed by atoms with Crippen molar-refractivity contribution in [3.05, 3.63) is 96.3 Å². The number of fused-ring (bicyclic) bond motifs is 1. The van der Waals surface area contributed by atoms with Crippen LogP contribution in [0, 0.1) is 17.8 Å². The van der Waals surface area contributed by atoms with Crippen molar-refractivity contribution >= 4 is 26.5 Å². The van der Waals surface area contributed by atoms with Crippen LogP contribution in [0.4, 0.5) is 10.1 Å². The van der Waals surface area contributed by atoms with Crippen molar-refractivity contribution in [1.29, 1.82) is 0 Å². The van der Waals surface area contributed by atoms with Crippen molar-refractivity contribution in [3.63, 3.8) is 0 Å². The Hall–Kier alpha value is -3.82. The Bertz CT molecular complexity index is 1450. The van der Waals surface area contributed by atoms with Crippen molar-refractivity contribution in [2.24, 2.45) is 0 Å². The Morgan fingerprint density at radius 2 is 1.55 bits per heavy atom. The third-order valence-corrected chi connectivity index (χ3v) is 5.75. The number of phenols is 1. The molecule has 0 aliphatic heterocycles. The van der Waals surface area contributed by atoms with E-state index in [0.29, 0.717) is 10.9 Å². The summed E-state index contributed by atoms with van der Waals surface area (Å²) in [5.41, 5.74) is 2.37. The zero-order valence-electron chi connectivity index (χ0n) is 16.6. The molecule has 0 aliphatic rings. The van der Waals surface area contributed by atoms with Crippen molar-refractivity contribution < 1.29 is 17.9 Å². The highest BCUT2D eigenvalue weighted by molar-refractivity contribution is 7.92. The van der Waals surface area contributed by atoms with Crippen LogP contribution in [0.1, 0.15) is 5.56 Å². The average Bonchev–Trinajstić information content (AvgIpc) is 2.74. The molecule has 1 N–H and O–H groups in total. The highest BCUT2D eigenvalue weighted by atomic mass is 32.2. The lowest BCUT2D eigenvalue weighted by atomic mass is 9.94. The second-order valence-corrected chi connectivity index (χ2v) is 8.80. The van der Waals surface area contributed by atoms with Crippen molar-refractivity contribution in [2.75, 3.05) is 10.6 Å². The summed E-state index contributed by atoms with van der Waals surface area (Å²) in [6, 6.07) is 26.2. The van der Waals surface area contributed by atoms with Crippen molar-refractivity contribution in [2.45, 2.75) is 0 Å².